The van der Waals surface area contributed by atoms with Crippen molar-refractivity contribution in [3.8, 4) is 6.07 Å². The van der Waals surface area contributed by atoms with Crippen molar-refractivity contribution in [2.24, 2.45) is 0 Å². The lowest BCUT2D eigenvalue weighted by molar-refractivity contribution is 0.584. The Morgan fingerprint density at radius 2 is 2.39 bits per heavy atom. The summed E-state index contributed by atoms with van der Waals surface area (Å²) in [6, 6.07) is 2.11. The van der Waals surface area contributed by atoms with Crippen LogP contribution in [0.15, 0.2) is 9.95 Å². The number of hydrogen-bond acceptors (Lipinski definition) is 5. The number of rotatable bonds is 8. The van der Waals surface area contributed by atoms with Crippen molar-refractivity contribution in [3.63, 3.8) is 0 Å². The second-order valence-electron chi connectivity index (χ2n) is 3.83. The molecule has 0 radical (unpaired) electrons. The number of hydrogen-bond donors (Lipinski definition) is 2. The fourth-order valence-electron chi connectivity index (χ4n) is 1.49. The SMILES string of the molecule is CCCNC(C#N)CCSc1n[nH]c(=O)n1CC. The van der Waals surface area contributed by atoms with Crippen LogP contribution in [0, 0.1) is 11.3 Å². The van der Waals surface area contributed by atoms with E-state index in [1.165, 1.54) is 11.8 Å². The number of thioether (sulfide) groups is 1. The van der Waals surface area contributed by atoms with E-state index in [0.29, 0.717) is 11.7 Å². The van der Waals surface area contributed by atoms with Gasteiger partial charge in [0.15, 0.2) is 5.16 Å². The quantitative estimate of drug-likeness (QED) is 0.687. The van der Waals surface area contributed by atoms with E-state index in [1.807, 2.05) is 6.92 Å². The van der Waals surface area contributed by atoms with Crippen LogP contribution >= 0.6 is 11.8 Å². The van der Waals surface area contributed by atoms with Crippen LogP contribution in [0.3, 0.4) is 0 Å². The van der Waals surface area contributed by atoms with Gasteiger partial charge in [-0.15, -0.1) is 5.10 Å². The molecule has 1 rings (SSSR count). The van der Waals surface area contributed by atoms with Gasteiger partial charge in [-0.1, -0.05) is 18.7 Å². The summed E-state index contributed by atoms with van der Waals surface area (Å²) >= 11 is 1.50. The average molecular weight is 269 g/mol. The molecule has 0 aromatic carbocycles. The van der Waals surface area contributed by atoms with Gasteiger partial charge in [0.2, 0.25) is 0 Å². The van der Waals surface area contributed by atoms with Crippen molar-refractivity contribution in [2.45, 2.75) is 44.4 Å². The molecule has 0 aliphatic heterocycles. The minimum Gasteiger partial charge on any atom is -0.302 e. The van der Waals surface area contributed by atoms with E-state index in [4.69, 9.17) is 5.26 Å². The van der Waals surface area contributed by atoms with Crippen LogP contribution in [0.5, 0.6) is 0 Å². The fourth-order valence-corrected chi connectivity index (χ4v) is 2.51. The number of nitriles is 1. The topological polar surface area (TPSA) is 86.5 Å². The van der Waals surface area contributed by atoms with E-state index in [1.54, 1.807) is 4.57 Å². The van der Waals surface area contributed by atoms with Gasteiger partial charge in [-0.2, -0.15) is 5.26 Å². The van der Waals surface area contributed by atoms with Gasteiger partial charge in [0.1, 0.15) is 0 Å². The zero-order valence-electron chi connectivity index (χ0n) is 10.8. The van der Waals surface area contributed by atoms with E-state index in [2.05, 4.69) is 28.5 Å². The summed E-state index contributed by atoms with van der Waals surface area (Å²) in [5.74, 6) is 0.763. The Hall–Kier alpha value is -1.26. The second kappa shape index (κ2) is 7.95. The van der Waals surface area contributed by atoms with Crippen LogP contribution in [-0.2, 0) is 6.54 Å². The molecular weight excluding hydrogens is 250 g/mol. The molecule has 2 N–H and O–H groups in total. The molecule has 0 aliphatic rings. The van der Waals surface area contributed by atoms with Crippen molar-refractivity contribution >= 4 is 11.8 Å². The van der Waals surface area contributed by atoms with Gasteiger partial charge < -0.3 is 5.32 Å². The number of nitrogens with one attached hydrogen (secondary N) is 2. The number of H-pyrrole nitrogens is 1. The van der Waals surface area contributed by atoms with Gasteiger partial charge in [0, 0.05) is 12.3 Å². The van der Waals surface area contributed by atoms with E-state index >= 15 is 0 Å². The molecule has 0 spiro atoms. The number of aromatic amines is 1. The molecule has 1 aromatic heterocycles. The molecule has 0 saturated carbocycles. The van der Waals surface area contributed by atoms with Gasteiger partial charge in [-0.3, -0.25) is 4.57 Å². The summed E-state index contributed by atoms with van der Waals surface area (Å²) in [7, 11) is 0. The Morgan fingerprint density at radius 3 is 3.00 bits per heavy atom. The smallest absolute Gasteiger partial charge is 0.302 e. The molecule has 6 nitrogen and oxygen atoms in total. The van der Waals surface area contributed by atoms with Crippen LogP contribution in [0.1, 0.15) is 26.7 Å². The highest BCUT2D eigenvalue weighted by molar-refractivity contribution is 7.99. The van der Waals surface area contributed by atoms with E-state index < -0.39 is 0 Å². The van der Waals surface area contributed by atoms with E-state index in [-0.39, 0.29) is 11.7 Å². The molecular formula is C11H19N5OS. The van der Waals surface area contributed by atoms with Crippen molar-refractivity contribution in [1.29, 1.82) is 5.26 Å². The van der Waals surface area contributed by atoms with Gasteiger partial charge in [0.05, 0.1) is 12.1 Å². The maximum atomic E-state index is 11.3. The highest BCUT2D eigenvalue weighted by Crippen LogP contribution is 2.14. The Balaban J connectivity index is 2.41. The predicted octanol–water partition coefficient (Wildman–Crippen LogP) is 0.965. The first-order chi connectivity index (χ1) is 8.72. The summed E-state index contributed by atoms with van der Waals surface area (Å²) in [4.78, 5) is 11.3. The van der Waals surface area contributed by atoms with Gasteiger partial charge in [0.25, 0.3) is 0 Å². The van der Waals surface area contributed by atoms with Crippen LogP contribution in [0.4, 0.5) is 0 Å². The average Bonchev–Trinajstić information content (AvgIpc) is 2.74. The predicted molar refractivity (Wildman–Crippen MR) is 71.6 cm³/mol. The maximum Gasteiger partial charge on any atom is 0.343 e. The normalized spacial score (nSPS) is 12.3. The monoisotopic (exact) mass is 269 g/mol. The highest BCUT2D eigenvalue weighted by Gasteiger charge is 2.09. The van der Waals surface area contributed by atoms with E-state index in [0.717, 1.165) is 25.1 Å². The minimum atomic E-state index is -0.180. The lowest BCUT2D eigenvalue weighted by Crippen LogP contribution is -2.28. The third kappa shape index (κ3) is 4.20. The zero-order chi connectivity index (χ0) is 13.4. The first-order valence-corrected chi connectivity index (χ1v) is 7.12. The molecule has 1 atom stereocenters. The lowest BCUT2D eigenvalue weighted by atomic mass is 10.2. The first kappa shape index (κ1) is 14.8. The first-order valence-electron chi connectivity index (χ1n) is 6.13. The standard InChI is InChI=1S/C11H19N5OS/c1-3-6-13-9(8-12)5-7-18-11-15-14-10(17)16(11)4-2/h9,13H,3-7H2,1-2H3,(H,14,17). The van der Waals surface area contributed by atoms with Gasteiger partial charge in [-0.05, 0) is 26.3 Å². The van der Waals surface area contributed by atoms with Crippen LogP contribution in [-0.4, -0.2) is 33.1 Å². The molecule has 18 heavy (non-hydrogen) atoms. The van der Waals surface area contributed by atoms with Gasteiger partial charge in [-0.25, -0.2) is 9.89 Å². The molecule has 7 heteroatoms. The molecule has 1 aromatic rings. The summed E-state index contributed by atoms with van der Waals surface area (Å²) in [6.45, 7) is 5.43. The molecule has 0 fully saturated rings. The van der Waals surface area contributed by atoms with Crippen molar-refractivity contribution < 1.29 is 0 Å². The molecule has 0 saturated heterocycles. The Kier molecular flexibility index (Phi) is 6.54. The number of nitrogens with zero attached hydrogens (tertiary/aromatic N) is 3. The maximum absolute atomic E-state index is 11.3. The molecule has 1 unspecified atom stereocenters. The lowest BCUT2D eigenvalue weighted by Gasteiger charge is -2.09. The second-order valence-corrected chi connectivity index (χ2v) is 4.89. The summed E-state index contributed by atoms with van der Waals surface area (Å²) in [5.41, 5.74) is -0.180. The van der Waals surface area contributed by atoms with Crippen molar-refractivity contribution in [3.05, 3.63) is 10.5 Å². The molecule has 1 heterocycles. The third-order valence-corrected chi connectivity index (χ3v) is 3.48. The third-order valence-electron chi connectivity index (χ3n) is 2.47. The molecule has 0 amide bonds. The summed E-state index contributed by atoms with van der Waals surface area (Å²) in [6.07, 6.45) is 1.76. The summed E-state index contributed by atoms with van der Waals surface area (Å²) < 4.78 is 1.59. The molecule has 0 aliphatic carbocycles. The fraction of sp³-hybridized carbons (Fsp3) is 0.727. The largest absolute Gasteiger partial charge is 0.343 e. The molecule has 100 valence electrons. The van der Waals surface area contributed by atoms with Gasteiger partial charge >= 0.3 is 5.69 Å². The molecule has 0 bridgehead atoms. The Morgan fingerprint density at radius 1 is 1.61 bits per heavy atom. The van der Waals surface area contributed by atoms with Crippen LogP contribution < -0.4 is 11.0 Å². The van der Waals surface area contributed by atoms with Crippen LogP contribution in [0.2, 0.25) is 0 Å². The highest BCUT2D eigenvalue weighted by atomic mass is 32.2. The van der Waals surface area contributed by atoms with Crippen molar-refractivity contribution in [1.82, 2.24) is 20.1 Å². The van der Waals surface area contributed by atoms with E-state index in [9.17, 15) is 4.79 Å². The van der Waals surface area contributed by atoms with Crippen molar-refractivity contribution in [2.75, 3.05) is 12.3 Å². The van der Waals surface area contributed by atoms with Crippen LogP contribution in [0.25, 0.3) is 0 Å². The summed E-state index contributed by atoms with van der Waals surface area (Å²) in [5, 5.41) is 19.2. The Labute approximate surface area is 111 Å². The minimum absolute atomic E-state index is 0.127. The zero-order valence-corrected chi connectivity index (χ0v) is 11.6. The Bertz CT molecular complexity index is 447. The number of aromatic nitrogens is 3.